The van der Waals surface area contributed by atoms with E-state index in [0.29, 0.717) is 12.0 Å². The normalized spacial score (nSPS) is 19.3. The van der Waals surface area contributed by atoms with Gasteiger partial charge in [0.1, 0.15) is 0 Å². The highest BCUT2D eigenvalue weighted by molar-refractivity contribution is 5.57. The number of hydrogen-bond acceptors (Lipinski definition) is 2. The summed E-state index contributed by atoms with van der Waals surface area (Å²) in [6.45, 7) is 10.5. The summed E-state index contributed by atoms with van der Waals surface area (Å²) in [4.78, 5) is 2.68. The summed E-state index contributed by atoms with van der Waals surface area (Å²) < 4.78 is 0. The highest BCUT2D eigenvalue weighted by Crippen LogP contribution is 2.32. The van der Waals surface area contributed by atoms with E-state index in [9.17, 15) is 0 Å². The van der Waals surface area contributed by atoms with Gasteiger partial charge in [-0.05, 0) is 37.9 Å². The monoisotopic (exact) mass is 260 g/mol. The van der Waals surface area contributed by atoms with Crippen molar-refractivity contribution < 1.29 is 0 Å². The van der Waals surface area contributed by atoms with Crippen LogP contribution in [0.15, 0.2) is 24.3 Å². The van der Waals surface area contributed by atoms with Crippen LogP contribution in [0.5, 0.6) is 0 Å². The van der Waals surface area contributed by atoms with Crippen LogP contribution in [-0.4, -0.2) is 30.6 Å². The van der Waals surface area contributed by atoms with Crippen molar-refractivity contribution in [2.45, 2.75) is 52.0 Å². The quantitative estimate of drug-likeness (QED) is 0.794. The van der Waals surface area contributed by atoms with Crippen molar-refractivity contribution in [1.82, 2.24) is 4.90 Å². The molecule has 0 saturated heterocycles. The van der Waals surface area contributed by atoms with Crippen LogP contribution in [-0.2, 0) is 0 Å². The number of fused-ring (bicyclic) bond motifs is 1. The maximum atomic E-state index is 3.54. The molecule has 1 aromatic carbocycles. The molecule has 0 fully saturated rings. The predicted octanol–water partition coefficient (Wildman–Crippen LogP) is 4.10. The Kier molecular flexibility index (Phi) is 5.26. The fraction of sp³-hybridized carbons (Fsp3) is 0.647. The van der Waals surface area contributed by atoms with Gasteiger partial charge in [-0.15, -0.1) is 0 Å². The van der Waals surface area contributed by atoms with E-state index in [0.717, 1.165) is 6.54 Å². The van der Waals surface area contributed by atoms with E-state index in [-0.39, 0.29) is 0 Å². The van der Waals surface area contributed by atoms with Crippen LogP contribution in [0.4, 0.5) is 5.69 Å². The molecule has 2 heteroatoms. The SMILES string of the molecule is CCCCN(CC1CNc2ccccc21)C(C)CC. The molecule has 1 aliphatic heterocycles. The summed E-state index contributed by atoms with van der Waals surface area (Å²) >= 11 is 0. The maximum absolute atomic E-state index is 3.54. The molecule has 2 nitrogen and oxygen atoms in total. The Bertz CT molecular complexity index is 389. The van der Waals surface area contributed by atoms with Crippen LogP contribution in [0, 0.1) is 0 Å². The lowest BCUT2D eigenvalue weighted by Crippen LogP contribution is -2.37. The number of anilines is 1. The van der Waals surface area contributed by atoms with E-state index >= 15 is 0 Å². The third-order valence-electron chi connectivity index (χ3n) is 4.41. The molecule has 0 aliphatic carbocycles. The molecule has 1 heterocycles. The van der Waals surface area contributed by atoms with Crippen LogP contribution < -0.4 is 5.32 Å². The molecule has 0 aromatic heterocycles. The molecule has 2 unspecified atom stereocenters. The Labute approximate surface area is 118 Å². The molecule has 1 aliphatic rings. The number of para-hydroxylation sites is 1. The Hall–Kier alpha value is -1.02. The fourth-order valence-corrected chi connectivity index (χ4v) is 2.91. The maximum Gasteiger partial charge on any atom is 0.0376 e. The Morgan fingerprint density at radius 1 is 1.32 bits per heavy atom. The number of nitrogens with one attached hydrogen (secondary N) is 1. The molecular weight excluding hydrogens is 232 g/mol. The van der Waals surface area contributed by atoms with Gasteiger partial charge in [0, 0.05) is 30.7 Å². The third kappa shape index (κ3) is 3.50. The summed E-state index contributed by atoms with van der Waals surface area (Å²) in [6.07, 6.45) is 3.84. The molecule has 2 atom stereocenters. The van der Waals surface area contributed by atoms with Gasteiger partial charge in [0.05, 0.1) is 0 Å². The van der Waals surface area contributed by atoms with Crippen LogP contribution in [0.3, 0.4) is 0 Å². The Balaban J connectivity index is 2.01. The third-order valence-corrected chi connectivity index (χ3v) is 4.41. The fourth-order valence-electron chi connectivity index (χ4n) is 2.91. The zero-order chi connectivity index (χ0) is 13.7. The standard InChI is InChI=1S/C17H28N2/c1-4-6-11-19(14(3)5-2)13-15-12-18-17-10-8-7-9-16(15)17/h7-10,14-15,18H,4-6,11-13H2,1-3H3. The number of nitrogens with zero attached hydrogens (tertiary/aromatic N) is 1. The number of unbranched alkanes of at least 4 members (excludes halogenated alkanes) is 1. The molecule has 0 radical (unpaired) electrons. The molecule has 0 amide bonds. The van der Waals surface area contributed by atoms with Crippen LogP contribution >= 0.6 is 0 Å². The minimum absolute atomic E-state index is 0.655. The molecule has 0 saturated carbocycles. The zero-order valence-corrected chi connectivity index (χ0v) is 12.7. The van der Waals surface area contributed by atoms with E-state index < -0.39 is 0 Å². The van der Waals surface area contributed by atoms with Gasteiger partial charge in [0.2, 0.25) is 0 Å². The van der Waals surface area contributed by atoms with Crippen LogP contribution in [0.2, 0.25) is 0 Å². The van der Waals surface area contributed by atoms with Crippen molar-refractivity contribution in [3.05, 3.63) is 29.8 Å². The summed E-state index contributed by atoms with van der Waals surface area (Å²) in [5, 5.41) is 3.54. The summed E-state index contributed by atoms with van der Waals surface area (Å²) in [5.41, 5.74) is 2.85. The second-order valence-corrected chi connectivity index (χ2v) is 5.77. The first-order chi connectivity index (χ1) is 9.26. The van der Waals surface area contributed by atoms with Crippen molar-refractivity contribution in [2.75, 3.05) is 25.0 Å². The summed E-state index contributed by atoms with van der Waals surface area (Å²) in [7, 11) is 0. The lowest BCUT2D eigenvalue weighted by Gasteiger charge is -2.30. The zero-order valence-electron chi connectivity index (χ0n) is 12.7. The Morgan fingerprint density at radius 3 is 2.84 bits per heavy atom. The van der Waals surface area contributed by atoms with Crippen molar-refractivity contribution in [3.8, 4) is 0 Å². The minimum Gasteiger partial charge on any atom is -0.384 e. The number of rotatable bonds is 7. The Morgan fingerprint density at radius 2 is 2.11 bits per heavy atom. The highest BCUT2D eigenvalue weighted by atomic mass is 15.2. The lowest BCUT2D eigenvalue weighted by atomic mass is 9.99. The van der Waals surface area contributed by atoms with E-state index in [1.165, 1.54) is 43.6 Å². The molecule has 106 valence electrons. The van der Waals surface area contributed by atoms with Gasteiger partial charge in [-0.2, -0.15) is 0 Å². The molecule has 1 N–H and O–H groups in total. The first kappa shape index (κ1) is 14.4. The van der Waals surface area contributed by atoms with Crippen LogP contribution in [0.1, 0.15) is 51.5 Å². The smallest absolute Gasteiger partial charge is 0.0376 e. The molecule has 19 heavy (non-hydrogen) atoms. The molecule has 0 spiro atoms. The van der Waals surface area contributed by atoms with Crippen molar-refractivity contribution in [3.63, 3.8) is 0 Å². The van der Waals surface area contributed by atoms with Gasteiger partial charge in [0.15, 0.2) is 0 Å². The van der Waals surface area contributed by atoms with Crippen molar-refractivity contribution >= 4 is 5.69 Å². The van der Waals surface area contributed by atoms with Gasteiger partial charge in [0.25, 0.3) is 0 Å². The predicted molar refractivity (Wildman–Crippen MR) is 83.9 cm³/mol. The van der Waals surface area contributed by atoms with Crippen molar-refractivity contribution in [1.29, 1.82) is 0 Å². The summed E-state index contributed by atoms with van der Waals surface area (Å²) in [5.74, 6) is 0.655. The first-order valence-corrected chi connectivity index (χ1v) is 7.83. The summed E-state index contributed by atoms with van der Waals surface area (Å²) in [6, 6.07) is 9.47. The largest absolute Gasteiger partial charge is 0.384 e. The number of hydrogen-bond donors (Lipinski definition) is 1. The van der Waals surface area contributed by atoms with E-state index in [4.69, 9.17) is 0 Å². The van der Waals surface area contributed by atoms with Gasteiger partial charge < -0.3 is 5.32 Å². The van der Waals surface area contributed by atoms with Gasteiger partial charge in [-0.3, -0.25) is 4.90 Å². The van der Waals surface area contributed by atoms with Gasteiger partial charge >= 0.3 is 0 Å². The minimum atomic E-state index is 0.655. The van der Waals surface area contributed by atoms with E-state index in [2.05, 4.69) is 55.3 Å². The first-order valence-electron chi connectivity index (χ1n) is 7.83. The number of benzene rings is 1. The molecule has 1 aromatic rings. The second-order valence-electron chi connectivity index (χ2n) is 5.77. The topological polar surface area (TPSA) is 15.3 Å². The van der Waals surface area contributed by atoms with Gasteiger partial charge in [-0.1, -0.05) is 38.5 Å². The molecule has 2 rings (SSSR count). The van der Waals surface area contributed by atoms with Gasteiger partial charge in [-0.25, -0.2) is 0 Å². The molecule has 0 bridgehead atoms. The average molecular weight is 260 g/mol. The van der Waals surface area contributed by atoms with Crippen molar-refractivity contribution in [2.24, 2.45) is 0 Å². The van der Waals surface area contributed by atoms with Crippen LogP contribution in [0.25, 0.3) is 0 Å². The average Bonchev–Trinajstić information content (AvgIpc) is 2.86. The molecular formula is C17H28N2. The van der Waals surface area contributed by atoms with E-state index in [1.807, 2.05) is 0 Å². The second kappa shape index (κ2) is 6.95. The van der Waals surface area contributed by atoms with E-state index in [1.54, 1.807) is 0 Å². The lowest BCUT2D eigenvalue weighted by molar-refractivity contribution is 0.191. The highest BCUT2D eigenvalue weighted by Gasteiger charge is 2.25.